The summed E-state index contributed by atoms with van der Waals surface area (Å²) >= 11 is 0. The zero-order chi connectivity index (χ0) is 10.6. The molecular weight excluding hydrogens is 174 g/mol. The Kier molecular flexibility index (Phi) is 4.33. The Morgan fingerprint density at radius 3 is 2.64 bits per heavy atom. The van der Waals surface area contributed by atoms with Crippen LogP contribution in [-0.4, -0.2) is 11.8 Å². The van der Waals surface area contributed by atoms with Crippen molar-refractivity contribution < 1.29 is 4.79 Å². The van der Waals surface area contributed by atoms with Gasteiger partial charge in [0.05, 0.1) is 0 Å². The van der Waals surface area contributed by atoms with Crippen molar-refractivity contribution in [3.8, 4) is 0 Å². The molecule has 1 rings (SSSR count). The monoisotopic (exact) mass is 195 g/mol. The van der Waals surface area contributed by atoms with E-state index in [0.717, 1.165) is 24.8 Å². The minimum Gasteiger partial charge on any atom is -0.327 e. The van der Waals surface area contributed by atoms with E-state index in [1.165, 1.54) is 12.8 Å². The lowest BCUT2D eigenvalue weighted by atomic mass is 9.88. The van der Waals surface area contributed by atoms with Gasteiger partial charge in [-0.25, -0.2) is 0 Å². The van der Waals surface area contributed by atoms with Crippen molar-refractivity contribution in [1.82, 2.24) is 0 Å². The van der Waals surface area contributed by atoms with Crippen LogP contribution in [-0.2, 0) is 4.79 Å². The number of hydrogen-bond acceptors (Lipinski definition) is 2. The van der Waals surface area contributed by atoms with Gasteiger partial charge < -0.3 is 5.73 Å². The molecule has 80 valence electrons. The molecule has 0 spiro atoms. The lowest BCUT2D eigenvalue weighted by Gasteiger charge is -2.19. The average molecular weight is 195 g/mol. The number of carbonyl (C=O) groups is 1. The van der Waals surface area contributed by atoms with Crippen molar-refractivity contribution in [2.75, 3.05) is 0 Å². The fourth-order valence-corrected chi connectivity index (χ4v) is 2.16. The molecule has 0 bridgehead atoms. The molecule has 0 amide bonds. The molecule has 0 aliphatic heterocycles. The summed E-state index contributed by atoms with van der Waals surface area (Å²) in [5.74, 6) is 0.390. The minimum atomic E-state index is 0.0874. The summed E-state index contributed by atoms with van der Waals surface area (Å²) in [6.45, 7) is 5.68. The Bertz CT molecular complexity index is 222. The quantitative estimate of drug-likeness (QED) is 0.555. The standard InChI is InChI=1S/C12H21NO/c1-9(2)8-12(14)10-6-4-3-5-7-11(10)13/h10-11H,1,3-8,13H2,2H3. The van der Waals surface area contributed by atoms with E-state index in [-0.39, 0.29) is 12.0 Å². The van der Waals surface area contributed by atoms with E-state index in [2.05, 4.69) is 6.58 Å². The van der Waals surface area contributed by atoms with Crippen LogP contribution in [0.25, 0.3) is 0 Å². The Morgan fingerprint density at radius 1 is 1.36 bits per heavy atom. The van der Waals surface area contributed by atoms with Gasteiger partial charge in [-0.3, -0.25) is 4.79 Å². The van der Waals surface area contributed by atoms with E-state index in [9.17, 15) is 4.79 Å². The van der Waals surface area contributed by atoms with Gasteiger partial charge in [-0.05, 0) is 19.8 Å². The maximum Gasteiger partial charge on any atom is 0.141 e. The van der Waals surface area contributed by atoms with Crippen LogP contribution >= 0.6 is 0 Å². The number of nitrogens with two attached hydrogens (primary N) is 1. The van der Waals surface area contributed by atoms with Crippen molar-refractivity contribution in [2.24, 2.45) is 11.7 Å². The molecule has 0 heterocycles. The van der Waals surface area contributed by atoms with Crippen LogP contribution in [0.15, 0.2) is 12.2 Å². The van der Waals surface area contributed by atoms with Crippen LogP contribution in [0.3, 0.4) is 0 Å². The van der Waals surface area contributed by atoms with Gasteiger partial charge in [0, 0.05) is 18.4 Å². The van der Waals surface area contributed by atoms with Crippen LogP contribution < -0.4 is 5.73 Å². The molecule has 1 fully saturated rings. The van der Waals surface area contributed by atoms with Crippen LogP contribution in [0.5, 0.6) is 0 Å². The SMILES string of the molecule is C=C(C)CC(=O)C1CCCCCC1N. The highest BCUT2D eigenvalue weighted by Crippen LogP contribution is 2.24. The minimum absolute atomic E-state index is 0.0874. The second-order valence-corrected chi connectivity index (χ2v) is 4.51. The molecule has 1 saturated carbocycles. The van der Waals surface area contributed by atoms with Crippen LogP contribution in [0, 0.1) is 5.92 Å². The lowest BCUT2D eigenvalue weighted by molar-refractivity contribution is -0.123. The Morgan fingerprint density at radius 2 is 2.00 bits per heavy atom. The molecule has 0 saturated heterocycles. The first kappa shape index (κ1) is 11.4. The van der Waals surface area contributed by atoms with Gasteiger partial charge in [0.2, 0.25) is 0 Å². The number of hydrogen-bond donors (Lipinski definition) is 1. The second-order valence-electron chi connectivity index (χ2n) is 4.51. The van der Waals surface area contributed by atoms with Gasteiger partial charge in [-0.1, -0.05) is 31.4 Å². The van der Waals surface area contributed by atoms with Crippen molar-refractivity contribution in [2.45, 2.75) is 51.5 Å². The van der Waals surface area contributed by atoms with Crippen molar-refractivity contribution in [3.63, 3.8) is 0 Å². The van der Waals surface area contributed by atoms with Gasteiger partial charge >= 0.3 is 0 Å². The predicted octanol–water partition coefficient (Wildman–Crippen LogP) is 2.43. The summed E-state index contributed by atoms with van der Waals surface area (Å²) in [7, 11) is 0. The fraction of sp³-hybridized carbons (Fsp3) is 0.750. The molecule has 2 nitrogen and oxygen atoms in total. The van der Waals surface area contributed by atoms with Crippen molar-refractivity contribution >= 4 is 5.78 Å². The molecule has 0 aromatic rings. The van der Waals surface area contributed by atoms with E-state index >= 15 is 0 Å². The first-order chi connectivity index (χ1) is 6.61. The highest BCUT2D eigenvalue weighted by atomic mass is 16.1. The third kappa shape index (κ3) is 3.26. The smallest absolute Gasteiger partial charge is 0.141 e. The van der Waals surface area contributed by atoms with Crippen molar-refractivity contribution in [1.29, 1.82) is 0 Å². The summed E-state index contributed by atoms with van der Waals surface area (Å²) in [6.07, 6.45) is 6.06. The van der Waals surface area contributed by atoms with E-state index < -0.39 is 0 Å². The molecule has 2 N–H and O–H groups in total. The Hall–Kier alpha value is -0.630. The average Bonchev–Trinajstić information content (AvgIpc) is 2.28. The zero-order valence-corrected chi connectivity index (χ0v) is 9.09. The molecule has 1 aliphatic rings. The molecule has 14 heavy (non-hydrogen) atoms. The normalized spacial score (nSPS) is 28.1. The maximum atomic E-state index is 11.8. The molecule has 1 aliphatic carbocycles. The van der Waals surface area contributed by atoms with Crippen LogP contribution in [0.1, 0.15) is 45.4 Å². The summed E-state index contributed by atoms with van der Waals surface area (Å²) in [5, 5.41) is 0. The largest absolute Gasteiger partial charge is 0.327 e. The van der Waals surface area contributed by atoms with Gasteiger partial charge in [-0.15, -0.1) is 0 Å². The summed E-state index contributed by atoms with van der Waals surface area (Å²) < 4.78 is 0. The highest BCUT2D eigenvalue weighted by Gasteiger charge is 2.26. The summed E-state index contributed by atoms with van der Waals surface area (Å²) in [4.78, 5) is 11.8. The first-order valence-electron chi connectivity index (χ1n) is 5.54. The first-order valence-corrected chi connectivity index (χ1v) is 5.54. The fourth-order valence-electron chi connectivity index (χ4n) is 2.16. The molecule has 0 aromatic heterocycles. The van der Waals surface area contributed by atoms with E-state index in [1.807, 2.05) is 6.92 Å². The summed E-state index contributed by atoms with van der Waals surface area (Å²) in [6, 6.07) is 0.0874. The van der Waals surface area contributed by atoms with Gasteiger partial charge in [0.25, 0.3) is 0 Å². The molecule has 2 heteroatoms. The van der Waals surface area contributed by atoms with E-state index in [0.29, 0.717) is 12.2 Å². The third-order valence-corrected chi connectivity index (χ3v) is 2.96. The van der Waals surface area contributed by atoms with E-state index in [1.54, 1.807) is 0 Å². The summed E-state index contributed by atoms with van der Waals surface area (Å²) in [5.41, 5.74) is 6.96. The highest BCUT2D eigenvalue weighted by molar-refractivity contribution is 5.83. The van der Waals surface area contributed by atoms with Crippen LogP contribution in [0.2, 0.25) is 0 Å². The number of ketones is 1. The lowest BCUT2D eigenvalue weighted by Crippen LogP contribution is -2.34. The number of allylic oxidation sites excluding steroid dienone is 1. The topological polar surface area (TPSA) is 43.1 Å². The van der Waals surface area contributed by atoms with Crippen molar-refractivity contribution in [3.05, 3.63) is 12.2 Å². The molecular formula is C12H21NO. The van der Waals surface area contributed by atoms with Crippen LogP contribution in [0.4, 0.5) is 0 Å². The van der Waals surface area contributed by atoms with E-state index in [4.69, 9.17) is 5.73 Å². The molecule has 2 atom stereocenters. The zero-order valence-electron chi connectivity index (χ0n) is 9.09. The predicted molar refractivity (Wildman–Crippen MR) is 59.0 cm³/mol. The molecule has 2 unspecified atom stereocenters. The van der Waals surface area contributed by atoms with Gasteiger partial charge in [0.1, 0.15) is 5.78 Å². The Balaban J connectivity index is 2.54. The molecule has 0 radical (unpaired) electrons. The number of carbonyl (C=O) groups excluding carboxylic acids is 1. The van der Waals surface area contributed by atoms with Gasteiger partial charge in [-0.2, -0.15) is 0 Å². The second kappa shape index (κ2) is 5.30. The maximum absolute atomic E-state index is 11.8. The Labute approximate surface area is 86.6 Å². The molecule has 0 aromatic carbocycles. The third-order valence-electron chi connectivity index (χ3n) is 2.96. The number of rotatable bonds is 3. The van der Waals surface area contributed by atoms with Gasteiger partial charge in [0.15, 0.2) is 0 Å². The number of Topliss-reactive ketones (excluding diaryl/α,β-unsaturated/α-hetero) is 1.